The molecular formula is C24H28F2N4O5S. The first-order chi connectivity index (χ1) is 16.9. The van der Waals surface area contributed by atoms with Gasteiger partial charge in [0.15, 0.2) is 5.76 Å². The standard InChI is InChI=1S/C24H28F2N4O5S/c1-15-11-17(35-27-15)14-30-21(31)19-12-18(36(33,34)28-23(2)9-10-23)3-4-20(19)29(22(30)32)13-16-5-7-24(25,26)8-6-16/h3-4,11-12,16,28H,5-10,13-14H2,1-2H3. The zero-order valence-corrected chi connectivity index (χ0v) is 20.9. The van der Waals surface area contributed by atoms with Crippen LogP contribution in [0.15, 0.2) is 43.3 Å². The zero-order valence-electron chi connectivity index (χ0n) is 20.1. The molecular weight excluding hydrogens is 494 g/mol. The highest BCUT2D eigenvalue weighted by atomic mass is 32.2. The van der Waals surface area contributed by atoms with Crippen LogP contribution in [0, 0.1) is 12.8 Å². The molecule has 0 radical (unpaired) electrons. The lowest BCUT2D eigenvalue weighted by atomic mass is 9.86. The van der Waals surface area contributed by atoms with Crippen molar-refractivity contribution in [3.8, 4) is 0 Å². The van der Waals surface area contributed by atoms with E-state index in [2.05, 4.69) is 9.88 Å². The molecule has 3 aromatic rings. The summed E-state index contributed by atoms with van der Waals surface area (Å²) < 4.78 is 63.6. The molecule has 0 saturated heterocycles. The highest BCUT2D eigenvalue weighted by Gasteiger charge is 2.41. The van der Waals surface area contributed by atoms with Crippen molar-refractivity contribution in [3.63, 3.8) is 0 Å². The summed E-state index contributed by atoms with van der Waals surface area (Å²) in [6.45, 7) is 3.47. The van der Waals surface area contributed by atoms with Crippen LogP contribution < -0.4 is 16.0 Å². The van der Waals surface area contributed by atoms with E-state index in [1.165, 1.54) is 22.8 Å². The molecule has 2 aromatic heterocycles. The van der Waals surface area contributed by atoms with Crippen LogP contribution in [-0.2, 0) is 23.1 Å². The Morgan fingerprint density at radius 1 is 1.11 bits per heavy atom. The number of halogens is 2. The molecule has 5 rings (SSSR count). The summed E-state index contributed by atoms with van der Waals surface area (Å²) in [6, 6.07) is 5.69. The van der Waals surface area contributed by atoms with E-state index < -0.39 is 32.7 Å². The number of aryl methyl sites for hydroxylation is 1. The third-order valence-electron chi connectivity index (χ3n) is 7.16. The fraction of sp³-hybridized carbons (Fsp3) is 0.542. The lowest BCUT2D eigenvalue weighted by Crippen LogP contribution is -2.42. The molecule has 0 aliphatic heterocycles. The molecule has 0 spiro atoms. The van der Waals surface area contributed by atoms with Gasteiger partial charge in [-0.05, 0) is 63.6 Å². The van der Waals surface area contributed by atoms with Gasteiger partial charge < -0.3 is 4.52 Å². The van der Waals surface area contributed by atoms with E-state index in [0.717, 1.165) is 17.4 Å². The molecule has 0 bridgehead atoms. The summed E-state index contributed by atoms with van der Waals surface area (Å²) in [6.07, 6.45) is 1.43. The van der Waals surface area contributed by atoms with Gasteiger partial charge in [-0.2, -0.15) is 0 Å². The summed E-state index contributed by atoms with van der Waals surface area (Å²) in [7, 11) is -3.89. The maximum Gasteiger partial charge on any atom is 0.331 e. The monoisotopic (exact) mass is 522 g/mol. The van der Waals surface area contributed by atoms with Crippen molar-refractivity contribution < 1.29 is 21.7 Å². The first-order valence-electron chi connectivity index (χ1n) is 12.0. The van der Waals surface area contributed by atoms with Gasteiger partial charge >= 0.3 is 5.69 Å². The number of sulfonamides is 1. The van der Waals surface area contributed by atoms with E-state index in [0.29, 0.717) is 11.5 Å². The normalized spacial score (nSPS) is 19.6. The van der Waals surface area contributed by atoms with Gasteiger partial charge in [-0.1, -0.05) is 5.16 Å². The molecule has 2 fully saturated rings. The Hall–Kier alpha value is -2.86. The maximum absolute atomic E-state index is 13.7. The minimum Gasteiger partial charge on any atom is -0.359 e. The van der Waals surface area contributed by atoms with Gasteiger partial charge in [0, 0.05) is 31.0 Å². The van der Waals surface area contributed by atoms with Crippen molar-refractivity contribution in [3.05, 3.63) is 56.6 Å². The molecule has 2 heterocycles. The maximum atomic E-state index is 13.7. The third-order valence-corrected chi connectivity index (χ3v) is 8.79. The van der Waals surface area contributed by atoms with E-state index in [9.17, 15) is 26.8 Å². The van der Waals surface area contributed by atoms with Crippen LogP contribution in [0.1, 0.15) is 56.9 Å². The molecule has 2 aliphatic rings. The quantitative estimate of drug-likeness (QED) is 0.510. The first kappa shape index (κ1) is 24.8. The van der Waals surface area contributed by atoms with E-state index >= 15 is 0 Å². The van der Waals surface area contributed by atoms with Gasteiger partial charge in [-0.3, -0.25) is 13.9 Å². The highest BCUT2D eigenvalue weighted by molar-refractivity contribution is 7.89. The lowest BCUT2D eigenvalue weighted by Gasteiger charge is -2.29. The van der Waals surface area contributed by atoms with Crippen LogP contribution in [0.25, 0.3) is 10.9 Å². The Balaban J connectivity index is 1.61. The molecule has 2 aliphatic carbocycles. The highest BCUT2D eigenvalue weighted by Crippen LogP contribution is 2.37. The molecule has 0 unspecified atom stereocenters. The molecule has 12 heteroatoms. The Morgan fingerprint density at radius 3 is 2.42 bits per heavy atom. The van der Waals surface area contributed by atoms with E-state index in [4.69, 9.17) is 4.52 Å². The van der Waals surface area contributed by atoms with Crippen LogP contribution >= 0.6 is 0 Å². The number of rotatable bonds is 7. The van der Waals surface area contributed by atoms with E-state index in [1.54, 1.807) is 13.0 Å². The molecule has 36 heavy (non-hydrogen) atoms. The second-order valence-electron chi connectivity index (χ2n) is 10.4. The second-order valence-corrected chi connectivity index (χ2v) is 12.0. The molecule has 1 N–H and O–H groups in total. The summed E-state index contributed by atoms with van der Waals surface area (Å²) in [4.78, 5) is 26.8. The topological polar surface area (TPSA) is 116 Å². The average Bonchev–Trinajstić information content (AvgIpc) is 3.38. The van der Waals surface area contributed by atoms with Crippen LogP contribution in [-0.4, -0.2) is 34.2 Å². The number of fused-ring (bicyclic) bond motifs is 1. The first-order valence-corrected chi connectivity index (χ1v) is 13.5. The van der Waals surface area contributed by atoms with Crippen molar-refractivity contribution in [2.24, 2.45) is 5.92 Å². The van der Waals surface area contributed by atoms with Gasteiger partial charge in [0.2, 0.25) is 15.9 Å². The minimum atomic E-state index is -3.89. The number of hydrogen-bond acceptors (Lipinski definition) is 6. The van der Waals surface area contributed by atoms with Crippen molar-refractivity contribution in [1.82, 2.24) is 19.0 Å². The molecule has 2 saturated carbocycles. The van der Waals surface area contributed by atoms with Gasteiger partial charge in [0.1, 0.15) is 0 Å². The Bertz CT molecular complexity index is 1540. The third kappa shape index (κ3) is 4.88. The molecule has 9 nitrogen and oxygen atoms in total. The molecule has 1 aromatic carbocycles. The number of alkyl halides is 2. The van der Waals surface area contributed by atoms with Crippen molar-refractivity contribution in [2.75, 3.05) is 0 Å². The van der Waals surface area contributed by atoms with Gasteiger partial charge in [-0.15, -0.1) is 0 Å². The van der Waals surface area contributed by atoms with Gasteiger partial charge in [-0.25, -0.2) is 26.7 Å². The van der Waals surface area contributed by atoms with Crippen molar-refractivity contribution in [2.45, 2.75) is 81.8 Å². The number of hydrogen-bond donors (Lipinski definition) is 1. The lowest BCUT2D eigenvalue weighted by molar-refractivity contribution is -0.0473. The van der Waals surface area contributed by atoms with Crippen LogP contribution in [0.2, 0.25) is 0 Å². The molecule has 0 atom stereocenters. The zero-order chi connectivity index (χ0) is 25.9. The van der Waals surface area contributed by atoms with Gasteiger partial charge in [0.25, 0.3) is 5.56 Å². The Labute approximate surface area is 206 Å². The van der Waals surface area contributed by atoms with Crippen LogP contribution in [0.4, 0.5) is 8.78 Å². The summed E-state index contributed by atoms with van der Waals surface area (Å²) >= 11 is 0. The predicted octanol–water partition coefficient (Wildman–Crippen LogP) is 3.16. The van der Waals surface area contributed by atoms with Crippen LogP contribution in [0.5, 0.6) is 0 Å². The van der Waals surface area contributed by atoms with Gasteiger partial charge in [0.05, 0.1) is 28.0 Å². The number of benzene rings is 1. The average molecular weight is 523 g/mol. The Morgan fingerprint density at radius 2 is 1.81 bits per heavy atom. The SMILES string of the molecule is Cc1cc(Cn2c(=O)c3cc(S(=O)(=O)NC4(C)CC4)ccc3n(CC3CCC(F)(F)CC3)c2=O)on1. The molecule has 0 amide bonds. The van der Waals surface area contributed by atoms with Crippen LogP contribution in [0.3, 0.4) is 0 Å². The largest absolute Gasteiger partial charge is 0.359 e. The second kappa shape index (κ2) is 8.62. The summed E-state index contributed by atoms with van der Waals surface area (Å²) in [5.74, 6) is -2.59. The number of aromatic nitrogens is 3. The van der Waals surface area contributed by atoms with E-state index in [-0.39, 0.29) is 60.5 Å². The minimum absolute atomic E-state index is 0.0517. The summed E-state index contributed by atoms with van der Waals surface area (Å²) in [5, 5.41) is 3.84. The smallest absolute Gasteiger partial charge is 0.331 e. The summed E-state index contributed by atoms with van der Waals surface area (Å²) in [5.41, 5.74) is -0.928. The fourth-order valence-electron chi connectivity index (χ4n) is 4.75. The predicted molar refractivity (Wildman–Crippen MR) is 128 cm³/mol. The number of nitrogens with one attached hydrogen (secondary N) is 1. The van der Waals surface area contributed by atoms with Crippen molar-refractivity contribution in [1.29, 1.82) is 0 Å². The van der Waals surface area contributed by atoms with E-state index in [1.807, 2.05) is 6.92 Å². The van der Waals surface area contributed by atoms with Crippen molar-refractivity contribution >= 4 is 20.9 Å². The molecule has 194 valence electrons. The fourth-order valence-corrected chi connectivity index (χ4v) is 6.24. The number of nitrogens with zero attached hydrogens (tertiary/aromatic N) is 3. The Kier molecular flexibility index (Phi) is 5.94.